The molecule has 0 saturated carbocycles. The van der Waals surface area contributed by atoms with Crippen LogP contribution in [0.4, 0.5) is 10.1 Å². The summed E-state index contributed by atoms with van der Waals surface area (Å²) in [6.45, 7) is 12.7. The summed E-state index contributed by atoms with van der Waals surface area (Å²) in [5, 5.41) is 6.35. The molecule has 7 heteroatoms. The molecule has 2 aromatic rings. The lowest BCUT2D eigenvalue weighted by Gasteiger charge is -2.22. The van der Waals surface area contributed by atoms with Crippen LogP contribution in [0.25, 0.3) is 0 Å². The van der Waals surface area contributed by atoms with Gasteiger partial charge in [0.1, 0.15) is 11.6 Å². The highest BCUT2D eigenvalue weighted by molar-refractivity contribution is 5.79. The zero-order chi connectivity index (χ0) is 20.7. The number of aliphatic imine (C=N–C) groups is 1. The Morgan fingerprint density at radius 1 is 1.18 bits per heavy atom. The van der Waals surface area contributed by atoms with Gasteiger partial charge in [-0.15, -0.1) is 0 Å². The summed E-state index contributed by atoms with van der Waals surface area (Å²) < 4.78 is 20.2. The molecule has 0 aliphatic rings. The van der Waals surface area contributed by atoms with Crippen molar-refractivity contribution in [1.82, 2.24) is 15.6 Å². The van der Waals surface area contributed by atoms with Gasteiger partial charge >= 0.3 is 0 Å². The fourth-order valence-corrected chi connectivity index (χ4v) is 2.79. The average molecular weight is 390 g/mol. The number of rotatable bonds is 7. The summed E-state index contributed by atoms with van der Waals surface area (Å²) in [5.41, 5.74) is 1.41. The van der Waals surface area contributed by atoms with E-state index >= 15 is 0 Å². The summed E-state index contributed by atoms with van der Waals surface area (Å²) in [6.07, 6.45) is 1.76. The Hall–Kier alpha value is -2.57. The van der Waals surface area contributed by atoms with Crippen LogP contribution in [0.1, 0.15) is 51.8 Å². The molecule has 0 unspecified atom stereocenters. The van der Waals surface area contributed by atoms with Crippen molar-refractivity contribution in [1.29, 1.82) is 0 Å². The van der Waals surface area contributed by atoms with Crippen LogP contribution in [0, 0.1) is 5.82 Å². The molecule has 0 bridgehead atoms. The second-order valence-electron chi connectivity index (χ2n) is 7.61. The van der Waals surface area contributed by atoms with Crippen molar-refractivity contribution in [3.8, 4) is 0 Å². The summed E-state index contributed by atoms with van der Waals surface area (Å²) >= 11 is 0. The van der Waals surface area contributed by atoms with Crippen LogP contribution in [0.5, 0.6) is 0 Å². The number of nitrogens with one attached hydrogen (secondary N) is 2. The van der Waals surface area contributed by atoms with Gasteiger partial charge in [-0.3, -0.25) is 4.99 Å². The van der Waals surface area contributed by atoms with Crippen molar-refractivity contribution >= 4 is 11.6 Å². The second kappa shape index (κ2) is 9.57. The maximum atomic E-state index is 14.4. The van der Waals surface area contributed by atoms with Crippen LogP contribution in [0.3, 0.4) is 0 Å². The summed E-state index contributed by atoms with van der Waals surface area (Å²) in [6, 6.07) is 5.33. The molecule has 1 aromatic heterocycles. The summed E-state index contributed by atoms with van der Waals surface area (Å²) in [4.78, 5) is 10.5. The van der Waals surface area contributed by atoms with Gasteiger partial charge in [0, 0.05) is 32.1 Å². The maximum Gasteiger partial charge on any atom is 0.213 e. The molecule has 0 saturated heterocycles. The molecule has 0 fully saturated rings. The van der Waals surface area contributed by atoms with Gasteiger partial charge < -0.3 is 20.0 Å². The molecule has 1 aromatic carbocycles. The van der Waals surface area contributed by atoms with E-state index in [1.54, 1.807) is 19.3 Å². The van der Waals surface area contributed by atoms with Crippen LogP contribution < -0.4 is 15.5 Å². The maximum absolute atomic E-state index is 14.4. The minimum atomic E-state index is -0.208. The molecule has 0 atom stereocenters. The van der Waals surface area contributed by atoms with Gasteiger partial charge in [-0.25, -0.2) is 9.37 Å². The molecule has 6 nitrogen and oxygen atoms in total. The molecule has 28 heavy (non-hydrogen) atoms. The van der Waals surface area contributed by atoms with E-state index in [1.165, 1.54) is 0 Å². The van der Waals surface area contributed by atoms with Crippen LogP contribution in [0.2, 0.25) is 0 Å². The monoisotopic (exact) mass is 389 g/mol. The van der Waals surface area contributed by atoms with Crippen LogP contribution in [-0.2, 0) is 18.5 Å². The third-order valence-corrected chi connectivity index (χ3v) is 4.50. The van der Waals surface area contributed by atoms with E-state index in [1.807, 2.05) is 30.9 Å². The van der Waals surface area contributed by atoms with Gasteiger partial charge in [0.2, 0.25) is 5.89 Å². The van der Waals surface area contributed by atoms with E-state index in [-0.39, 0.29) is 11.2 Å². The van der Waals surface area contributed by atoms with E-state index in [9.17, 15) is 4.39 Å². The minimum absolute atomic E-state index is 0.0768. The highest BCUT2D eigenvalue weighted by Crippen LogP contribution is 2.22. The van der Waals surface area contributed by atoms with E-state index in [0.29, 0.717) is 30.6 Å². The fraction of sp³-hybridized carbons (Fsp3) is 0.524. The molecule has 0 radical (unpaired) electrons. The first-order chi connectivity index (χ1) is 13.3. The quantitative estimate of drug-likeness (QED) is 0.557. The summed E-state index contributed by atoms with van der Waals surface area (Å²) in [7, 11) is 1.69. The number of anilines is 1. The molecule has 2 N–H and O–H groups in total. The lowest BCUT2D eigenvalue weighted by molar-refractivity contribution is 0.379. The van der Waals surface area contributed by atoms with Crippen molar-refractivity contribution in [2.24, 2.45) is 4.99 Å². The Morgan fingerprint density at radius 2 is 1.86 bits per heavy atom. The zero-order valence-corrected chi connectivity index (χ0v) is 17.8. The van der Waals surface area contributed by atoms with Gasteiger partial charge in [-0.2, -0.15) is 0 Å². The first-order valence-corrected chi connectivity index (χ1v) is 9.71. The molecule has 0 spiro atoms. The van der Waals surface area contributed by atoms with Gasteiger partial charge in [-0.05, 0) is 31.5 Å². The zero-order valence-electron chi connectivity index (χ0n) is 17.8. The largest absolute Gasteiger partial charge is 0.443 e. The predicted molar refractivity (Wildman–Crippen MR) is 112 cm³/mol. The number of hydrogen-bond acceptors (Lipinski definition) is 4. The lowest BCUT2D eigenvalue weighted by Crippen LogP contribution is -2.36. The first-order valence-electron chi connectivity index (χ1n) is 9.71. The number of oxazole rings is 1. The lowest BCUT2D eigenvalue weighted by atomic mass is 9.94. The molecule has 2 rings (SSSR count). The van der Waals surface area contributed by atoms with Gasteiger partial charge in [0.15, 0.2) is 5.96 Å². The van der Waals surface area contributed by atoms with Crippen molar-refractivity contribution in [3.63, 3.8) is 0 Å². The third kappa shape index (κ3) is 5.71. The Morgan fingerprint density at radius 3 is 2.39 bits per heavy atom. The number of hydrogen-bond donors (Lipinski definition) is 2. The molecular formula is C21H32FN5O. The number of halogens is 1. The highest BCUT2D eigenvalue weighted by Gasteiger charge is 2.19. The average Bonchev–Trinajstić information content (AvgIpc) is 3.14. The molecule has 1 heterocycles. The minimum Gasteiger partial charge on any atom is -0.443 e. The van der Waals surface area contributed by atoms with Crippen LogP contribution in [0.15, 0.2) is 33.8 Å². The fourth-order valence-electron chi connectivity index (χ4n) is 2.79. The third-order valence-electron chi connectivity index (χ3n) is 4.50. The van der Waals surface area contributed by atoms with Crippen molar-refractivity contribution in [3.05, 3.63) is 47.4 Å². The highest BCUT2D eigenvalue weighted by atomic mass is 19.1. The Balaban J connectivity index is 1.92. The first kappa shape index (κ1) is 21.7. The van der Waals surface area contributed by atoms with Gasteiger partial charge in [0.25, 0.3) is 0 Å². The Bertz CT molecular complexity index is 790. The van der Waals surface area contributed by atoms with E-state index in [4.69, 9.17) is 4.42 Å². The molecule has 0 amide bonds. The molecular weight excluding hydrogens is 357 g/mol. The molecule has 154 valence electrons. The van der Waals surface area contributed by atoms with Gasteiger partial charge in [0.05, 0.1) is 18.4 Å². The normalized spacial score (nSPS) is 12.2. The van der Waals surface area contributed by atoms with Crippen LogP contribution in [-0.4, -0.2) is 31.1 Å². The van der Waals surface area contributed by atoms with Gasteiger partial charge in [-0.1, -0.05) is 26.8 Å². The second-order valence-corrected chi connectivity index (χ2v) is 7.61. The van der Waals surface area contributed by atoms with E-state index < -0.39 is 0 Å². The number of nitrogens with zero attached hydrogens (tertiary/aromatic N) is 3. The summed E-state index contributed by atoms with van der Waals surface area (Å²) in [5.74, 6) is 1.84. The van der Waals surface area contributed by atoms with Crippen LogP contribution >= 0.6 is 0 Å². The van der Waals surface area contributed by atoms with E-state index in [0.717, 1.165) is 24.4 Å². The standard InChI is InChI=1S/C21H32FN5O/c1-7-27(8-2)17-10-9-15(11-16(17)22)12-25-20(23-6)26-14-19-24-13-18(28-19)21(3,4)5/h9-11,13H,7-8,12,14H2,1-6H3,(H2,23,25,26). The molecule has 0 aliphatic carbocycles. The Labute approximate surface area is 167 Å². The predicted octanol–water partition coefficient (Wildman–Crippen LogP) is 3.82. The number of aromatic nitrogens is 1. The SMILES string of the molecule is CCN(CC)c1ccc(CNC(=NC)NCc2ncc(C(C)(C)C)o2)cc1F. The van der Waals surface area contributed by atoms with Crippen molar-refractivity contribution in [2.45, 2.75) is 53.1 Å². The van der Waals surface area contributed by atoms with Crippen molar-refractivity contribution < 1.29 is 8.81 Å². The number of guanidine groups is 1. The van der Waals surface area contributed by atoms with Crippen molar-refractivity contribution in [2.75, 3.05) is 25.0 Å². The molecule has 0 aliphatic heterocycles. The topological polar surface area (TPSA) is 65.7 Å². The smallest absolute Gasteiger partial charge is 0.213 e. The Kier molecular flexibility index (Phi) is 7.43. The van der Waals surface area contributed by atoms with E-state index in [2.05, 4.69) is 41.4 Å². The number of benzene rings is 1.